The van der Waals surface area contributed by atoms with Crippen LogP contribution in [0.5, 0.6) is 0 Å². The minimum absolute atomic E-state index is 1.26. The molecule has 30 heavy (non-hydrogen) atoms. The topological polar surface area (TPSA) is 0 Å². The van der Waals surface area contributed by atoms with Gasteiger partial charge in [-0.25, -0.2) is 0 Å². The lowest BCUT2D eigenvalue weighted by atomic mass is 9.87. The van der Waals surface area contributed by atoms with Crippen LogP contribution in [0.4, 0.5) is 0 Å². The van der Waals surface area contributed by atoms with Crippen molar-refractivity contribution in [2.24, 2.45) is 0 Å². The Morgan fingerprint density at radius 2 is 0.767 bits per heavy atom. The molecule has 1 aliphatic rings. The minimum atomic E-state index is 1.26. The predicted octanol–water partition coefficient (Wildman–Crippen LogP) is 7.91. The average molecular weight is 387 g/mol. The van der Waals surface area contributed by atoms with Crippen molar-refractivity contribution in [1.29, 1.82) is 0 Å². The van der Waals surface area contributed by atoms with Gasteiger partial charge in [0, 0.05) is 0 Å². The SMILES string of the molecule is Cc1ccc(C(=C2c3ccc(C)cc3-c3cc(C)ccc32)c2ccc(C)cc2)cc1. The molecule has 0 nitrogen and oxygen atoms in total. The Kier molecular flexibility index (Phi) is 4.44. The molecule has 5 rings (SSSR count). The Labute approximate surface area is 179 Å². The fourth-order valence-corrected chi connectivity index (χ4v) is 4.51. The molecule has 0 atom stereocenters. The van der Waals surface area contributed by atoms with Gasteiger partial charge in [-0.15, -0.1) is 0 Å². The van der Waals surface area contributed by atoms with E-state index in [4.69, 9.17) is 0 Å². The van der Waals surface area contributed by atoms with E-state index in [1.807, 2.05) is 0 Å². The third kappa shape index (κ3) is 3.09. The lowest BCUT2D eigenvalue weighted by Gasteiger charge is -2.16. The van der Waals surface area contributed by atoms with E-state index in [9.17, 15) is 0 Å². The van der Waals surface area contributed by atoms with Gasteiger partial charge in [0.25, 0.3) is 0 Å². The molecule has 0 unspecified atom stereocenters. The average Bonchev–Trinajstić information content (AvgIpc) is 3.04. The number of benzene rings is 4. The van der Waals surface area contributed by atoms with Crippen molar-refractivity contribution in [2.45, 2.75) is 27.7 Å². The standard InChI is InChI=1S/C30H26/c1-19-5-11-23(12-6-19)29(24-13-7-20(2)8-14-24)30-25-15-9-21(3)17-27(25)28-18-22(4)10-16-26(28)30/h5-18H,1-4H3. The molecular formula is C30H26. The van der Waals surface area contributed by atoms with Gasteiger partial charge in [0.1, 0.15) is 0 Å². The molecule has 4 aromatic carbocycles. The Hall–Kier alpha value is -3.38. The number of rotatable bonds is 2. The van der Waals surface area contributed by atoms with Crippen LogP contribution < -0.4 is 0 Å². The van der Waals surface area contributed by atoms with Gasteiger partial charge in [-0.05, 0) is 72.2 Å². The molecule has 0 saturated carbocycles. The van der Waals surface area contributed by atoms with E-state index < -0.39 is 0 Å². The number of aryl methyl sites for hydroxylation is 4. The third-order valence-electron chi connectivity index (χ3n) is 6.11. The smallest absolute Gasteiger partial charge is 0.00143 e. The fourth-order valence-electron chi connectivity index (χ4n) is 4.51. The zero-order valence-electron chi connectivity index (χ0n) is 18.1. The highest BCUT2D eigenvalue weighted by molar-refractivity contribution is 6.13. The van der Waals surface area contributed by atoms with Crippen molar-refractivity contribution < 1.29 is 0 Å². The minimum Gasteiger partial charge on any atom is -0.0587 e. The van der Waals surface area contributed by atoms with Crippen LogP contribution in [0, 0.1) is 27.7 Å². The Balaban J connectivity index is 1.91. The molecule has 1 aliphatic carbocycles. The molecule has 0 N–H and O–H groups in total. The van der Waals surface area contributed by atoms with E-state index in [1.54, 1.807) is 0 Å². The summed E-state index contributed by atoms with van der Waals surface area (Å²) in [6, 6.07) is 31.6. The van der Waals surface area contributed by atoms with Crippen molar-refractivity contribution in [2.75, 3.05) is 0 Å². The molecular weight excluding hydrogens is 360 g/mol. The van der Waals surface area contributed by atoms with Crippen LogP contribution in [0.1, 0.15) is 44.5 Å². The maximum atomic E-state index is 2.34. The van der Waals surface area contributed by atoms with Gasteiger partial charge in [0.2, 0.25) is 0 Å². The van der Waals surface area contributed by atoms with E-state index in [-0.39, 0.29) is 0 Å². The first-order valence-electron chi connectivity index (χ1n) is 10.6. The lowest BCUT2D eigenvalue weighted by Crippen LogP contribution is -1.95. The van der Waals surface area contributed by atoms with Crippen LogP contribution >= 0.6 is 0 Å². The summed E-state index contributed by atoms with van der Waals surface area (Å²) in [5.74, 6) is 0. The van der Waals surface area contributed by atoms with Gasteiger partial charge in [-0.2, -0.15) is 0 Å². The summed E-state index contributed by atoms with van der Waals surface area (Å²) in [6.07, 6.45) is 0. The second kappa shape index (κ2) is 7.15. The van der Waals surface area contributed by atoms with E-state index in [2.05, 4.69) is 113 Å². The van der Waals surface area contributed by atoms with Crippen LogP contribution in [0.25, 0.3) is 22.3 Å². The van der Waals surface area contributed by atoms with E-state index in [0.717, 1.165) is 0 Å². The van der Waals surface area contributed by atoms with E-state index in [0.29, 0.717) is 0 Å². The van der Waals surface area contributed by atoms with Crippen LogP contribution in [0.15, 0.2) is 84.9 Å². The molecule has 4 aromatic rings. The molecule has 0 fully saturated rings. The van der Waals surface area contributed by atoms with Gasteiger partial charge in [0.05, 0.1) is 0 Å². The monoisotopic (exact) mass is 386 g/mol. The molecule has 0 saturated heterocycles. The summed E-state index contributed by atoms with van der Waals surface area (Å²) in [7, 11) is 0. The van der Waals surface area contributed by atoms with Crippen LogP contribution in [-0.4, -0.2) is 0 Å². The van der Waals surface area contributed by atoms with Gasteiger partial charge < -0.3 is 0 Å². The largest absolute Gasteiger partial charge is 0.0587 e. The maximum Gasteiger partial charge on any atom is -0.00143 e. The second-order valence-electron chi connectivity index (χ2n) is 8.58. The first kappa shape index (κ1) is 18.6. The van der Waals surface area contributed by atoms with Crippen molar-refractivity contribution in [3.8, 4) is 11.1 Å². The van der Waals surface area contributed by atoms with E-state index >= 15 is 0 Å². The highest BCUT2D eigenvalue weighted by Gasteiger charge is 2.27. The van der Waals surface area contributed by atoms with Crippen LogP contribution in [-0.2, 0) is 0 Å². The van der Waals surface area contributed by atoms with Crippen LogP contribution in [0.3, 0.4) is 0 Å². The van der Waals surface area contributed by atoms with Gasteiger partial charge >= 0.3 is 0 Å². The Morgan fingerprint density at radius 3 is 1.17 bits per heavy atom. The number of hydrogen-bond acceptors (Lipinski definition) is 0. The first-order valence-corrected chi connectivity index (χ1v) is 10.6. The van der Waals surface area contributed by atoms with Gasteiger partial charge in [0.15, 0.2) is 0 Å². The maximum absolute atomic E-state index is 2.34. The molecule has 146 valence electrons. The lowest BCUT2D eigenvalue weighted by molar-refractivity contribution is 1.42. The van der Waals surface area contributed by atoms with Crippen molar-refractivity contribution in [3.05, 3.63) is 129 Å². The molecule has 0 spiro atoms. The highest BCUT2D eigenvalue weighted by atomic mass is 14.3. The number of fused-ring (bicyclic) bond motifs is 3. The molecule has 0 aromatic heterocycles. The van der Waals surface area contributed by atoms with Crippen molar-refractivity contribution in [1.82, 2.24) is 0 Å². The van der Waals surface area contributed by atoms with Crippen molar-refractivity contribution in [3.63, 3.8) is 0 Å². The third-order valence-corrected chi connectivity index (χ3v) is 6.11. The van der Waals surface area contributed by atoms with Gasteiger partial charge in [-0.3, -0.25) is 0 Å². The summed E-state index contributed by atoms with van der Waals surface area (Å²) >= 11 is 0. The summed E-state index contributed by atoms with van der Waals surface area (Å²) in [4.78, 5) is 0. The van der Waals surface area contributed by atoms with E-state index in [1.165, 1.54) is 66.8 Å². The Bertz CT molecular complexity index is 1180. The zero-order chi connectivity index (χ0) is 20.8. The summed E-state index contributed by atoms with van der Waals surface area (Å²) in [6.45, 7) is 8.65. The molecule has 0 aliphatic heterocycles. The Morgan fingerprint density at radius 1 is 0.400 bits per heavy atom. The van der Waals surface area contributed by atoms with Crippen molar-refractivity contribution >= 4 is 11.1 Å². The van der Waals surface area contributed by atoms with Gasteiger partial charge in [-0.1, -0.05) is 107 Å². The quantitative estimate of drug-likeness (QED) is 0.289. The predicted molar refractivity (Wildman–Crippen MR) is 129 cm³/mol. The molecule has 0 amide bonds. The fraction of sp³-hybridized carbons (Fsp3) is 0.133. The normalized spacial score (nSPS) is 11.9. The molecule has 0 bridgehead atoms. The molecule has 0 heterocycles. The molecule has 0 radical (unpaired) electrons. The summed E-state index contributed by atoms with van der Waals surface area (Å²) in [5, 5.41) is 0. The number of hydrogen-bond donors (Lipinski definition) is 0. The van der Waals surface area contributed by atoms with Crippen LogP contribution in [0.2, 0.25) is 0 Å². The first-order chi connectivity index (χ1) is 14.5. The zero-order valence-corrected chi connectivity index (χ0v) is 18.1. The summed E-state index contributed by atoms with van der Waals surface area (Å²) < 4.78 is 0. The molecule has 0 heteroatoms. The second-order valence-corrected chi connectivity index (χ2v) is 8.58. The highest BCUT2D eigenvalue weighted by Crippen LogP contribution is 2.49. The summed E-state index contributed by atoms with van der Waals surface area (Å²) in [5.41, 5.74) is 15.7.